The summed E-state index contributed by atoms with van der Waals surface area (Å²) in [5, 5.41) is 3.31. The Morgan fingerprint density at radius 1 is 0.353 bits per heavy atom. The summed E-state index contributed by atoms with van der Waals surface area (Å²) >= 11 is 0. The molecule has 0 aliphatic carbocycles. The van der Waals surface area contributed by atoms with E-state index in [2.05, 4.69) is 41.0 Å². The van der Waals surface area contributed by atoms with Crippen LogP contribution in [0.1, 0.15) is 15.1 Å². The predicted molar refractivity (Wildman–Crippen MR) is 215 cm³/mol. The Balaban J connectivity index is 1.30. The number of rotatable bonds is 4. The highest BCUT2D eigenvalue weighted by atomic mass is 15.0. The Morgan fingerprint density at radius 3 is 1.80 bits per heavy atom. The summed E-state index contributed by atoms with van der Waals surface area (Å²) in [6, 6.07) is 34.1. The third kappa shape index (κ3) is 4.00. The summed E-state index contributed by atoms with van der Waals surface area (Å²) in [7, 11) is 0. The quantitative estimate of drug-likeness (QED) is 0.178. The van der Waals surface area contributed by atoms with Crippen LogP contribution in [0.4, 0.5) is 0 Å². The maximum absolute atomic E-state index is 9.82. The molecular weight excluding hydrogens is 619 g/mol. The number of benzene rings is 8. The van der Waals surface area contributed by atoms with Crippen LogP contribution in [0, 0.1) is 0 Å². The lowest BCUT2D eigenvalue weighted by atomic mass is 10.0. The summed E-state index contributed by atoms with van der Waals surface area (Å²) in [6.07, 6.45) is 0. The van der Waals surface area contributed by atoms with E-state index in [0.717, 1.165) is 33.1 Å². The van der Waals surface area contributed by atoms with Gasteiger partial charge >= 0.3 is 0 Å². The first kappa shape index (κ1) is 19.4. The van der Waals surface area contributed by atoms with Crippen molar-refractivity contribution in [1.82, 2.24) is 13.7 Å². The summed E-state index contributed by atoms with van der Waals surface area (Å²) in [5.41, 5.74) is 5.64. The maximum atomic E-state index is 9.82. The molecule has 0 spiro atoms. The number of para-hydroxylation sites is 6. The van der Waals surface area contributed by atoms with Crippen LogP contribution in [0.5, 0.6) is 0 Å². The van der Waals surface area contributed by atoms with E-state index >= 15 is 0 Å². The molecule has 3 nitrogen and oxygen atoms in total. The van der Waals surface area contributed by atoms with Crippen molar-refractivity contribution >= 4 is 65.4 Å². The Hall–Kier alpha value is -6.84. The fourth-order valence-corrected chi connectivity index (χ4v) is 7.82. The summed E-state index contributed by atoms with van der Waals surface area (Å²) in [4.78, 5) is 0. The Morgan fingerprint density at radius 2 is 0.961 bits per heavy atom. The zero-order chi connectivity index (χ0) is 43.0. The number of nitrogens with zero attached hydrogens (tertiary/aromatic N) is 3. The molecule has 0 fully saturated rings. The molecule has 0 N–H and O–H groups in total. The second-order valence-electron chi connectivity index (χ2n) is 12.5. The molecule has 0 bridgehead atoms. The molecule has 0 aliphatic rings. The lowest BCUT2D eigenvalue weighted by Crippen LogP contribution is -1.97. The van der Waals surface area contributed by atoms with Crippen molar-refractivity contribution in [3.05, 3.63) is 188 Å². The molecule has 0 saturated heterocycles. The van der Waals surface area contributed by atoms with Crippen LogP contribution in [-0.4, -0.2) is 13.7 Å². The largest absolute Gasteiger partial charge is 0.309 e. The van der Waals surface area contributed by atoms with Crippen LogP contribution in [0.2, 0.25) is 0 Å². The molecule has 0 aliphatic heterocycles. The minimum atomic E-state index is -0.571. The van der Waals surface area contributed by atoms with Crippen LogP contribution in [0.3, 0.4) is 0 Å². The highest BCUT2D eigenvalue weighted by Gasteiger charge is 2.22. The first-order valence-electron chi connectivity index (χ1n) is 22.1. The van der Waals surface area contributed by atoms with Crippen molar-refractivity contribution < 1.29 is 15.1 Å². The highest BCUT2D eigenvalue weighted by Crippen LogP contribution is 2.44. The van der Waals surface area contributed by atoms with Crippen LogP contribution in [-0.2, 0) is 0 Å². The summed E-state index contributed by atoms with van der Waals surface area (Å²) in [6.45, 7) is 0. The number of hydrogen-bond acceptors (Lipinski definition) is 0. The Kier molecular flexibility index (Phi) is 4.11. The van der Waals surface area contributed by atoms with Crippen molar-refractivity contribution in [3.63, 3.8) is 0 Å². The Labute approximate surface area is 309 Å². The SMILES string of the molecule is [2H]c1c([2H])c([2H])c(-n2c3ccccc3c3c4c5c([2H])c([2H])c([2H])c([2H])c5n(-c5ccccc5-c5ccc6c(c5)c5ccccc5n6-c5ccccc5)c4c([2H])c([2H])c32)c([2H])c1[2H]. The van der Waals surface area contributed by atoms with E-state index in [0.29, 0.717) is 27.5 Å². The van der Waals surface area contributed by atoms with Crippen molar-refractivity contribution in [2.24, 2.45) is 0 Å². The average molecular weight is 661 g/mol. The molecule has 11 aromatic rings. The van der Waals surface area contributed by atoms with Crippen LogP contribution in [0.15, 0.2) is 188 Å². The lowest BCUT2D eigenvalue weighted by Gasteiger charge is -2.15. The van der Waals surface area contributed by atoms with Gasteiger partial charge in [0.25, 0.3) is 0 Å². The molecule has 0 radical (unpaired) electrons. The van der Waals surface area contributed by atoms with E-state index in [1.165, 1.54) is 4.57 Å². The zero-order valence-corrected chi connectivity index (χ0v) is 26.9. The second kappa shape index (κ2) is 10.8. The molecule has 51 heavy (non-hydrogen) atoms. The number of hydrogen-bond donors (Lipinski definition) is 0. The molecule has 0 atom stereocenters. The zero-order valence-electron chi connectivity index (χ0n) is 37.9. The normalized spacial score (nSPS) is 14.9. The molecule has 8 aromatic carbocycles. The number of aromatic nitrogens is 3. The van der Waals surface area contributed by atoms with Crippen molar-refractivity contribution in [2.45, 2.75) is 0 Å². The molecule has 3 heterocycles. The van der Waals surface area contributed by atoms with Crippen molar-refractivity contribution in [3.8, 4) is 28.2 Å². The van der Waals surface area contributed by atoms with Gasteiger partial charge in [-0.25, -0.2) is 0 Å². The van der Waals surface area contributed by atoms with E-state index in [9.17, 15) is 5.48 Å². The first-order chi connectivity index (χ1) is 29.9. The van der Waals surface area contributed by atoms with Gasteiger partial charge in [0.15, 0.2) is 0 Å². The Bertz CT molecular complexity index is 3740. The van der Waals surface area contributed by atoms with E-state index in [4.69, 9.17) is 9.60 Å². The smallest absolute Gasteiger partial charge is 0.0646 e. The van der Waals surface area contributed by atoms with Gasteiger partial charge in [-0.2, -0.15) is 0 Å². The van der Waals surface area contributed by atoms with E-state index < -0.39 is 42.3 Å². The highest BCUT2D eigenvalue weighted by molar-refractivity contribution is 6.29. The number of fused-ring (bicyclic) bond motifs is 10. The molecule has 0 amide bonds. The van der Waals surface area contributed by atoms with Crippen LogP contribution in [0.25, 0.3) is 93.6 Å². The fraction of sp³-hybridized carbons (Fsp3) is 0. The van der Waals surface area contributed by atoms with E-state index in [1.807, 2.05) is 60.7 Å². The lowest BCUT2D eigenvalue weighted by molar-refractivity contribution is 1.17. The topological polar surface area (TPSA) is 14.8 Å². The van der Waals surface area contributed by atoms with E-state index in [1.54, 1.807) is 28.8 Å². The van der Waals surface area contributed by atoms with Gasteiger partial charge < -0.3 is 13.7 Å². The minimum absolute atomic E-state index is 0.0715. The first-order valence-corrected chi connectivity index (χ1v) is 16.6. The predicted octanol–water partition coefficient (Wildman–Crippen LogP) is 12.6. The summed E-state index contributed by atoms with van der Waals surface area (Å²) in [5.74, 6) is 0. The van der Waals surface area contributed by atoms with Gasteiger partial charge in [-0.05, 0) is 78.2 Å². The van der Waals surface area contributed by atoms with Gasteiger partial charge in [0.05, 0.1) is 53.9 Å². The van der Waals surface area contributed by atoms with Crippen molar-refractivity contribution in [2.75, 3.05) is 0 Å². The maximum Gasteiger partial charge on any atom is 0.0646 e. The van der Waals surface area contributed by atoms with E-state index in [-0.39, 0.29) is 57.2 Å². The molecule has 0 unspecified atom stereocenters. The van der Waals surface area contributed by atoms with Gasteiger partial charge in [-0.15, -0.1) is 0 Å². The van der Waals surface area contributed by atoms with Crippen LogP contribution >= 0.6 is 0 Å². The average Bonchev–Trinajstić information content (AvgIpc) is 3.95. The standard InChI is InChI=1S/C48H31N3/c1-3-15-33(16-4-1)49-41-24-12-8-20-36(41)39-31-32(27-28-44(39)49)35-19-7-11-23-40(35)51-43-26-14-10-22-38(43)48-46(51)30-29-45-47(48)37-21-9-13-25-42(37)50(45)34-17-5-2-6-18-34/h1-31H/i2D,5D,6D,10D,14D,17D,18D,22D,26D,29D,30D. The molecule has 238 valence electrons. The third-order valence-electron chi connectivity index (χ3n) is 9.88. The molecule has 11 rings (SSSR count). The molecule has 0 saturated carbocycles. The van der Waals surface area contributed by atoms with Gasteiger partial charge in [-0.3, -0.25) is 0 Å². The second-order valence-corrected chi connectivity index (χ2v) is 12.5. The van der Waals surface area contributed by atoms with Crippen molar-refractivity contribution in [1.29, 1.82) is 0 Å². The van der Waals surface area contributed by atoms with Gasteiger partial charge in [0, 0.05) is 49.3 Å². The summed E-state index contributed by atoms with van der Waals surface area (Å²) < 4.78 is 105. The fourth-order valence-electron chi connectivity index (χ4n) is 7.82. The third-order valence-corrected chi connectivity index (χ3v) is 9.88. The minimum Gasteiger partial charge on any atom is -0.309 e. The molecule has 3 heteroatoms. The molecular formula is C48H31N3. The molecule has 3 aromatic heterocycles. The van der Waals surface area contributed by atoms with Crippen LogP contribution < -0.4 is 0 Å². The van der Waals surface area contributed by atoms with Gasteiger partial charge in [-0.1, -0.05) is 115 Å². The van der Waals surface area contributed by atoms with Gasteiger partial charge in [0.2, 0.25) is 0 Å². The monoisotopic (exact) mass is 660 g/mol. The van der Waals surface area contributed by atoms with Gasteiger partial charge in [0.1, 0.15) is 0 Å².